The van der Waals surface area contributed by atoms with Crippen molar-refractivity contribution in [3.63, 3.8) is 0 Å². The molecular formula is C14H20N4O. The molecule has 1 amide bonds. The average molecular weight is 260 g/mol. The molecule has 0 aliphatic rings. The number of rotatable bonds is 6. The van der Waals surface area contributed by atoms with Gasteiger partial charge in [-0.3, -0.25) is 4.79 Å². The fraction of sp³-hybridized carbons (Fsp3) is 0.429. The van der Waals surface area contributed by atoms with Gasteiger partial charge in [0.05, 0.1) is 19.0 Å². The van der Waals surface area contributed by atoms with Crippen LogP contribution in [0.5, 0.6) is 0 Å². The van der Waals surface area contributed by atoms with Crippen LogP contribution in [0.4, 0.5) is 11.4 Å². The van der Waals surface area contributed by atoms with Crippen molar-refractivity contribution in [2.24, 2.45) is 0 Å². The summed E-state index contributed by atoms with van der Waals surface area (Å²) in [6.07, 6.45) is 0.334. The van der Waals surface area contributed by atoms with Crippen LogP contribution in [0.2, 0.25) is 0 Å². The fourth-order valence-electron chi connectivity index (χ4n) is 1.70. The Morgan fingerprint density at radius 3 is 2.79 bits per heavy atom. The molecule has 1 rings (SSSR count). The Balaban J connectivity index is 2.52. The number of benzene rings is 1. The summed E-state index contributed by atoms with van der Waals surface area (Å²) < 4.78 is 0. The Morgan fingerprint density at radius 2 is 2.16 bits per heavy atom. The third-order valence-corrected chi connectivity index (χ3v) is 2.70. The van der Waals surface area contributed by atoms with Crippen molar-refractivity contribution >= 4 is 17.3 Å². The maximum absolute atomic E-state index is 11.5. The predicted octanol–water partition coefficient (Wildman–Crippen LogP) is 1.50. The van der Waals surface area contributed by atoms with Crippen molar-refractivity contribution in [2.45, 2.75) is 13.3 Å². The molecule has 0 spiro atoms. The summed E-state index contributed by atoms with van der Waals surface area (Å²) in [6.45, 7) is 2.66. The number of amides is 1. The van der Waals surface area contributed by atoms with Crippen LogP contribution < -0.4 is 15.5 Å². The Morgan fingerprint density at radius 1 is 1.42 bits per heavy atom. The van der Waals surface area contributed by atoms with Crippen LogP contribution in [-0.2, 0) is 4.79 Å². The van der Waals surface area contributed by atoms with E-state index in [1.54, 1.807) is 0 Å². The van der Waals surface area contributed by atoms with Crippen molar-refractivity contribution in [3.05, 3.63) is 23.8 Å². The average Bonchev–Trinajstić information content (AvgIpc) is 2.37. The largest absolute Gasteiger partial charge is 0.377 e. The van der Waals surface area contributed by atoms with E-state index in [0.29, 0.717) is 13.0 Å². The Kier molecular flexibility index (Phi) is 5.68. The number of nitrogens with zero attached hydrogens (tertiary/aromatic N) is 2. The summed E-state index contributed by atoms with van der Waals surface area (Å²) >= 11 is 0. The van der Waals surface area contributed by atoms with Crippen molar-refractivity contribution in [1.29, 1.82) is 5.26 Å². The van der Waals surface area contributed by atoms with Gasteiger partial charge in [-0.2, -0.15) is 5.26 Å². The summed E-state index contributed by atoms with van der Waals surface area (Å²) in [5.74, 6) is -0.109. The monoisotopic (exact) mass is 260 g/mol. The summed E-state index contributed by atoms with van der Waals surface area (Å²) in [7, 11) is 3.97. The molecule has 102 valence electrons. The number of hydrogen-bond acceptors (Lipinski definition) is 4. The third kappa shape index (κ3) is 4.88. The number of carbonyl (C=O) groups excluding carboxylic acids is 1. The summed E-state index contributed by atoms with van der Waals surface area (Å²) in [6, 6.07) is 7.96. The van der Waals surface area contributed by atoms with Gasteiger partial charge in [0.25, 0.3) is 0 Å². The Hall–Kier alpha value is -2.22. The highest BCUT2D eigenvalue weighted by molar-refractivity contribution is 5.81. The lowest BCUT2D eigenvalue weighted by Crippen LogP contribution is -2.30. The van der Waals surface area contributed by atoms with Crippen molar-refractivity contribution in [2.75, 3.05) is 37.4 Å². The summed E-state index contributed by atoms with van der Waals surface area (Å²) in [5, 5.41) is 14.1. The van der Waals surface area contributed by atoms with Gasteiger partial charge in [-0.1, -0.05) is 6.07 Å². The lowest BCUT2D eigenvalue weighted by atomic mass is 10.1. The van der Waals surface area contributed by atoms with E-state index < -0.39 is 0 Å². The zero-order valence-electron chi connectivity index (χ0n) is 11.7. The standard InChI is InChI=1S/C14H20N4O/c1-11-5-6-12(9-13(11)18(2)3)17-10-14(19)16-8-4-7-15/h5-6,9,17H,4,8,10H2,1-3H3,(H,16,19). The summed E-state index contributed by atoms with van der Waals surface area (Å²) in [4.78, 5) is 13.5. The van der Waals surface area contributed by atoms with Gasteiger partial charge in [0, 0.05) is 32.0 Å². The Bertz CT molecular complexity index is 477. The van der Waals surface area contributed by atoms with Crippen LogP contribution in [-0.4, -0.2) is 33.1 Å². The van der Waals surface area contributed by atoms with Crippen LogP contribution in [0.25, 0.3) is 0 Å². The van der Waals surface area contributed by atoms with Gasteiger partial charge in [0.1, 0.15) is 0 Å². The molecule has 0 unspecified atom stereocenters. The molecule has 0 aromatic heterocycles. The van der Waals surface area contributed by atoms with Gasteiger partial charge < -0.3 is 15.5 Å². The van der Waals surface area contributed by atoms with Gasteiger partial charge in [0.15, 0.2) is 0 Å². The third-order valence-electron chi connectivity index (χ3n) is 2.70. The zero-order chi connectivity index (χ0) is 14.3. The molecule has 1 aromatic carbocycles. The number of hydrogen-bond donors (Lipinski definition) is 2. The molecule has 0 atom stereocenters. The first-order valence-corrected chi connectivity index (χ1v) is 6.20. The predicted molar refractivity (Wildman–Crippen MR) is 77.2 cm³/mol. The molecule has 0 saturated heterocycles. The number of carbonyl (C=O) groups is 1. The van der Waals surface area contributed by atoms with E-state index in [0.717, 1.165) is 11.4 Å². The van der Waals surface area contributed by atoms with Gasteiger partial charge in [-0.05, 0) is 24.6 Å². The molecule has 0 aliphatic heterocycles. The molecule has 0 saturated carbocycles. The number of aryl methyl sites for hydroxylation is 1. The van der Waals surface area contributed by atoms with Gasteiger partial charge in [0.2, 0.25) is 5.91 Å². The lowest BCUT2D eigenvalue weighted by molar-refractivity contribution is -0.119. The van der Waals surface area contributed by atoms with Crippen LogP contribution in [0.15, 0.2) is 18.2 Å². The molecule has 0 radical (unpaired) electrons. The number of anilines is 2. The Labute approximate surface area is 114 Å². The van der Waals surface area contributed by atoms with Gasteiger partial charge >= 0.3 is 0 Å². The second-order valence-corrected chi connectivity index (χ2v) is 4.51. The molecular weight excluding hydrogens is 240 g/mol. The van der Waals surface area contributed by atoms with E-state index in [9.17, 15) is 4.79 Å². The lowest BCUT2D eigenvalue weighted by Gasteiger charge is -2.17. The van der Waals surface area contributed by atoms with Crippen molar-refractivity contribution in [1.82, 2.24) is 5.32 Å². The van der Waals surface area contributed by atoms with Crippen LogP contribution >= 0.6 is 0 Å². The number of nitrogens with one attached hydrogen (secondary N) is 2. The SMILES string of the molecule is Cc1ccc(NCC(=O)NCCC#N)cc1N(C)C. The second kappa shape index (κ2) is 7.27. The smallest absolute Gasteiger partial charge is 0.239 e. The van der Waals surface area contributed by atoms with E-state index in [-0.39, 0.29) is 12.5 Å². The molecule has 0 bridgehead atoms. The molecule has 2 N–H and O–H groups in total. The maximum Gasteiger partial charge on any atom is 0.239 e. The molecule has 0 fully saturated rings. The first-order valence-electron chi connectivity index (χ1n) is 6.20. The highest BCUT2D eigenvalue weighted by Gasteiger charge is 2.04. The topological polar surface area (TPSA) is 68.2 Å². The van der Waals surface area contributed by atoms with Crippen LogP contribution in [0.3, 0.4) is 0 Å². The van der Waals surface area contributed by atoms with Crippen LogP contribution in [0.1, 0.15) is 12.0 Å². The molecule has 0 aliphatic carbocycles. The van der Waals surface area contributed by atoms with E-state index in [2.05, 4.69) is 10.6 Å². The maximum atomic E-state index is 11.5. The first-order chi connectivity index (χ1) is 9.04. The second-order valence-electron chi connectivity index (χ2n) is 4.51. The highest BCUT2D eigenvalue weighted by atomic mass is 16.1. The van der Waals surface area contributed by atoms with Crippen LogP contribution in [0, 0.1) is 18.3 Å². The highest BCUT2D eigenvalue weighted by Crippen LogP contribution is 2.22. The van der Waals surface area contributed by atoms with Gasteiger partial charge in [-0.15, -0.1) is 0 Å². The zero-order valence-corrected chi connectivity index (χ0v) is 11.7. The minimum Gasteiger partial charge on any atom is -0.377 e. The van der Waals surface area contributed by atoms with E-state index in [1.165, 1.54) is 5.56 Å². The minimum atomic E-state index is -0.109. The van der Waals surface area contributed by atoms with Crippen molar-refractivity contribution in [3.8, 4) is 6.07 Å². The van der Waals surface area contributed by atoms with E-state index in [1.807, 2.05) is 50.2 Å². The fourth-order valence-corrected chi connectivity index (χ4v) is 1.70. The summed E-state index contributed by atoms with van der Waals surface area (Å²) in [5.41, 5.74) is 3.22. The quantitative estimate of drug-likeness (QED) is 0.761. The van der Waals surface area contributed by atoms with Gasteiger partial charge in [-0.25, -0.2) is 0 Å². The molecule has 0 heterocycles. The molecule has 5 heteroatoms. The minimum absolute atomic E-state index is 0.109. The van der Waals surface area contributed by atoms with Crippen molar-refractivity contribution < 1.29 is 4.79 Å². The molecule has 19 heavy (non-hydrogen) atoms. The molecule has 5 nitrogen and oxygen atoms in total. The molecule has 1 aromatic rings. The van der Waals surface area contributed by atoms with E-state index >= 15 is 0 Å². The normalized spacial score (nSPS) is 9.58. The first kappa shape index (κ1) is 14.8. The van der Waals surface area contributed by atoms with E-state index in [4.69, 9.17) is 5.26 Å². The number of nitriles is 1.